The number of rotatable bonds is 9. The zero-order chi connectivity index (χ0) is 33.7. The molecule has 2 saturated carbocycles. The SMILES string of the molecule is O=C(NCC#Cc1ccc2ncc(N[C@H]3CC[C@H](N4CCN(CC5CC5)CC4)CC3)nc2c1)c1ccnn(Cc2ccc(F)c(F)c2)c1=O. The van der Waals surface area contributed by atoms with E-state index >= 15 is 0 Å². The van der Waals surface area contributed by atoms with Gasteiger partial charge in [0.05, 0.1) is 30.3 Å². The number of carbonyl (C=O) groups is 1. The molecule has 1 saturated heterocycles. The van der Waals surface area contributed by atoms with Crippen molar-refractivity contribution in [2.45, 2.75) is 57.2 Å². The van der Waals surface area contributed by atoms with E-state index in [1.54, 1.807) is 6.20 Å². The van der Waals surface area contributed by atoms with Gasteiger partial charge in [-0.2, -0.15) is 5.10 Å². The maximum absolute atomic E-state index is 13.6. The van der Waals surface area contributed by atoms with Crippen molar-refractivity contribution in [2.24, 2.45) is 5.92 Å². The van der Waals surface area contributed by atoms with Crippen LogP contribution in [0.15, 0.2) is 59.7 Å². The van der Waals surface area contributed by atoms with Crippen molar-refractivity contribution in [1.82, 2.24) is 34.9 Å². The first kappa shape index (κ1) is 32.8. The molecule has 2 aliphatic carbocycles. The Morgan fingerprint density at radius 2 is 1.73 bits per heavy atom. The van der Waals surface area contributed by atoms with Crippen LogP contribution in [0.1, 0.15) is 60.0 Å². The average molecular weight is 667 g/mol. The van der Waals surface area contributed by atoms with E-state index in [1.165, 1.54) is 76.7 Å². The first-order valence-electron chi connectivity index (χ1n) is 17.1. The van der Waals surface area contributed by atoms with Crippen molar-refractivity contribution >= 4 is 22.8 Å². The van der Waals surface area contributed by atoms with E-state index in [0.29, 0.717) is 17.6 Å². The minimum absolute atomic E-state index is 0.00784. The van der Waals surface area contributed by atoms with Gasteiger partial charge in [-0.15, -0.1) is 0 Å². The Kier molecular flexibility index (Phi) is 9.91. The van der Waals surface area contributed by atoms with Crippen LogP contribution >= 0.6 is 0 Å². The monoisotopic (exact) mass is 666 g/mol. The topological polar surface area (TPSA) is 108 Å². The summed E-state index contributed by atoms with van der Waals surface area (Å²) in [5.74, 6) is 5.07. The predicted molar refractivity (Wildman–Crippen MR) is 183 cm³/mol. The number of nitrogens with one attached hydrogen (secondary N) is 2. The maximum atomic E-state index is 13.6. The maximum Gasteiger partial charge on any atom is 0.279 e. The summed E-state index contributed by atoms with van der Waals surface area (Å²) < 4.78 is 27.9. The number of fused-ring (bicyclic) bond motifs is 1. The average Bonchev–Trinajstić information content (AvgIpc) is 3.94. The van der Waals surface area contributed by atoms with Crippen molar-refractivity contribution < 1.29 is 13.6 Å². The molecule has 0 bridgehead atoms. The van der Waals surface area contributed by atoms with Crippen LogP contribution in [0.2, 0.25) is 0 Å². The molecule has 3 heterocycles. The number of halogens is 2. The summed E-state index contributed by atoms with van der Waals surface area (Å²) in [6.45, 7) is 6.00. The van der Waals surface area contributed by atoms with Gasteiger partial charge in [-0.1, -0.05) is 17.9 Å². The van der Waals surface area contributed by atoms with Gasteiger partial charge >= 0.3 is 0 Å². The lowest BCUT2D eigenvalue weighted by atomic mass is 9.89. The summed E-state index contributed by atoms with van der Waals surface area (Å²) in [7, 11) is 0. The molecule has 0 radical (unpaired) electrons. The van der Waals surface area contributed by atoms with Crippen molar-refractivity contribution in [1.29, 1.82) is 0 Å². The lowest BCUT2D eigenvalue weighted by Crippen LogP contribution is -2.51. The van der Waals surface area contributed by atoms with Gasteiger partial charge in [0.2, 0.25) is 0 Å². The van der Waals surface area contributed by atoms with Gasteiger partial charge in [0.1, 0.15) is 11.4 Å². The number of piperazine rings is 1. The van der Waals surface area contributed by atoms with E-state index in [1.807, 2.05) is 18.2 Å². The molecule has 0 spiro atoms. The molecule has 254 valence electrons. The molecule has 0 unspecified atom stereocenters. The zero-order valence-electron chi connectivity index (χ0n) is 27.4. The molecule has 3 fully saturated rings. The fourth-order valence-corrected chi connectivity index (χ4v) is 6.84. The summed E-state index contributed by atoms with van der Waals surface area (Å²) in [4.78, 5) is 40.4. The third-order valence-electron chi connectivity index (χ3n) is 9.77. The lowest BCUT2D eigenvalue weighted by Gasteiger charge is -2.42. The fraction of sp³-hybridized carbons (Fsp3) is 0.432. The van der Waals surface area contributed by atoms with Gasteiger partial charge in [0, 0.05) is 56.6 Å². The van der Waals surface area contributed by atoms with E-state index in [2.05, 4.69) is 42.4 Å². The molecule has 2 aromatic heterocycles. The molecule has 2 N–H and O–H groups in total. The summed E-state index contributed by atoms with van der Waals surface area (Å²) >= 11 is 0. The van der Waals surface area contributed by atoms with Crippen molar-refractivity contribution in [3.63, 3.8) is 0 Å². The Hall–Kier alpha value is -4.73. The van der Waals surface area contributed by atoms with Gasteiger partial charge in [0.25, 0.3) is 11.5 Å². The Morgan fingerprint density at radius 1 is 0.918 bits per heavy atom. The van der Waals surface area contributed by atoms with E-state index in [-0.39, 0.29) is 18.7 Å². The second kappa shape index (κ2) is 14.8. The summed E-state index contributed by atoms with van der Waals surface area (Å²) in [5.41, 5.74) is 1.79. The van der Waals surface area contributed by atoms with Crippen LogP contribution in [0.4, 0.5) is 14.6 Å². The van der Waals surface area contributed by atoms with Gasteiger partial charge in [-0.25, -0.2) is 18.4 Å². The minimum Gasteiger partial charge on any atom is -0.366 e. The molecular weight excluding hydrogens is 626 g/mol. The number of carbonyl (C=O) groups excluding carboxylic acids is 1. The smallest absolute Gasteiger partial charge is 0.279 e. The third-order valence-corrected chi connectivity index (χ3v) is 9.77. The number of benzene rings is 2. The summed E-state index contributed by atoms with van der Waals surface area (Å²) in [6, 6.07) is 11.3. The highest BCUT2D eigenvalue weighted by atomic mass is 19.2. The molecule has 4 aromatic rings. The quantitative estimate of drug-likeness (QED) is 0.258. The Balaban J connectivity index is 0.901. The highest BCUT2D eigenvalue weighted by molar-refractivity contribution is 5.93. The zero-order valence-corrected chi connectivity index (χ0v) is 27.4. The van der Waals surface area contributed by atoms with Crippen LogP contribution in [0.5, 0.6) is 0 Å². The molecule has 3 aliphatic rings. The van der Waals surface area contributed by atoms with Crippen LogP contribution in [-0.2, 0) is 6.54 Å². The lowest BCUT2D eigenvalue weighted by molar-refractivity contribution is 0.0752. The van der Waals surface area contributed by atoms with Crippen LogP contribution in [-0.4, -0.2) is 86.8 Å². The van der Waals surface area contributed by atoms with Gasteiger partial charge in [-0.3, -0.25) is 19.5 Å². The fourth-order valence-electron chi connectivity index (χ4n) is 6.84. The highest BCUT2D eigenvalue weighted by Gasteiger charge is 2.30. The van der Waals surface area contributed by atoms with Gasteiger partial charge < -0.3 is 15.5 Å². The first-order valence-corrected chi connectivity index (χ1v) is 17.1. The first-order chi connectivity index (χ1) is 23.9. The molecule has 10 nitrogen and oxygen atoms in total. The minimum atomic E-state index is -1.02. The number of aromatic nitrogens is 4. The number of amides is 1. The van der Waals surface area contributed by atoms with Gasteiger partial charge in [0.15, 0.2) is 11.6 Å². The molecule has 1 aliphatic heterocycles. The van der Waals surface area contributed by atoms with Gasteiger partial charge in [-0.05, 0) is 86.4 Å². The summed E-state index contributed by atoms with van der Waals surface area (Å²) in [5, 5.41) is 10.2. The Morgan fingerprint density at radius 3 is 2.51 bits per heavy atom. The van der Waals surface area contributed by atoms with E-state index in [0.717, 1.165) is 58.0 Å². The van der Waals surface area contributed by atoms with Crippen LogP contribution in [0.3, 0.4) is 0 Å². The molecule has 7 rings (SSSR count). The molecule has 0 atom stereocenters. The number of nitrogens with zero attached hydrogens (tertiary/aromatic N) is 6. The molecule has 1 amide bonds. The Bertz CT molecular complexity index is 1940. The Labute approximate surface area is 283 Å². The van der Waals surface area contributed by atoms with Crippen LogP contribution < -0.4 is 16.2 Å². The van der Waals surface area contributed by atoms with Crippen molar-refractivity contribution in [3.8, 4) is 11.8 Å². The number of hydrogen-bond acceptors (Lipinski definition) is 8. The van der Waals surface area contributed by atoms with E-state index in [9.17, 15) is 18.4 Å². The predicted octanol–water partition coefficient (Wildman–Crippen LogP) is 4.05. The highest BCUT2D eigenvalue weighted by Crippen LogP contribution is 2.31. The van der Waals surface area contributed by atoms with E-state index < -0.39 is 23.1 Å². The second-order valence-corrected chi connectivity index (χ2v) is 13.3. The van der Waals surface area contributed by atoms with Crippen LogP contribution in [0, 0.1) is 29.4 Å². The molecular formula is C37H40F2N8O2. The van der Waals surface area contributed by atoms with Crippen molar-refractivity contribution in [2.75, 3.05) is 44.6 Å². The standard InChI is InChI=1S/C37H40F2N8O2/c38-31-11-5-27(20-32(31)39)24-47-37(49)30(13-15-42-47)36(48)40-14-1-2-25-6-12-33-34(21-25)44-35(22-41-33)43-28-7-9-29(10-8-28)46-18-16-45(17-19-46)23-26-3-4-26/h5-6,11-13,15,20-22,26,28-29H,3-4,7-10,14,16-19,23-24H2,(H,40,48)(H,43,44)/t28-,29-. The number of anilines is 1. The largest absolute Gasteiger partial charge is 0.366 e. The van der Waals surface area contributed by atoms with Crippen molar-refractivity contribution in [3.05, 3.63) is 93.5 Å². The van der Waals surface area contributed by atoms with Crippen LogP contribution in [0.25, 0.3) is 11.0 Å². The second-order valence-electron chi connectivity index (χ2n) is 13.3. The third kappa shape index (κ3) is 8.29. The molecule has 2 aromatic carbocycles. The summed E-state index contributed by atoms with van der Waals surface area (Å²) in [6.07, 6.45) is 10.6. The molecule has 12 heteroatoms. The normalized spacial score (nSPS) is 20.0. The van der Waals surface area contributed by atoms with E-state index in [4.69, 9.17) is 4.98 Å². The molecule has 49 heavy (non-hydrogen) atoms. The number of hydrogen-bond donors (Lipinski definition) is 2.